The van der Waals surface area contributed by atoms with Crippen LogP contribution < -0.4 is 10.2 Å². The summed E-state index contributed by atoms with van der Waals surface area (Å²) in [6.45, 7) is 2.72. The van der Waals surface area contributed by atoms with Crippen molar-refractivity contribution >= 4 is 40.7 Å². The fourth-order valence-corrected chi connectivity index (χ4v) is 6.33. The fraction of sp³-hybridized carbons (Fsp3) is 0.250. The maximum Gasteiger partial charge on any atom is 0.240 e. The molecule has 0 radical (unpaired) electrons. The van der Waals surface area contributed by atoms with Gasteiger partial charge in [0.05, 0.1) is 29.0 Å². The monoisotopic (exact) mass is 532 g/mol. The van der Waals surface area contributed by atoms with Crippen molar-refractivity contribution in [3.05, 3.63) is 88.1 Å². The molecule has 5 rings (SSSR count). The molecule has 0 spiro atoms. The van der Waals surface area contributed by atoms with Crippen molar-refractivity contribution in [3.8, 4) is 16.9 Å². The summed E-state index contributed by atoms with van der Waals surface area (Å²) in [7, 11) is 1.59. The lowest BCUT2D eigenvalue weighted by Crippen LogP contribution is -2.43. The number of ether oxygens (including phenoxy) is 1. The average Bonchev–Trinajstić information content (AvgIpc) is 3.55. The van der Waals surface area contributed by atoms with Crippen LogP contribution in [0.3, 0.4) is 0 Å². The number of hydrogen-bond donors (Lipinski definition) is 1. The summed E-state index contributed by atoms with van der Waals surface area (Å²) < 4.78 is 6.88. The number of nitrogens with zero attached hydrogens (tertiary/aromatic N) is 3. The van der Waals surface area contributed by atoms with Crippen molar-refractivity contribution in [1.82, 2.24) is 15.1 Å². The highest BCUT2D eigenvalue weighted by Crippen LogP contribution is 2.48. The van der Waals surface area contributed by atoms with Gasteiger partial charge in [0.2, 0.25) is 11.8 Å². The molecule has 1 atom stereocenters. The second kappa shape index (κ2) is 11.3. The molecule has 2 aromatic heterocycles. The molecule has 1 aliphatic rings. The molecule has 1 N–H and O–H groups in total. The lowest BCUT2D eigenvalue weighted by atomic mass is 10.0. The van der Waals surface area contributed by atoms with E-state index in [9.17, 15) is 9.59 Å². The zero-order chi connectivity index (χ0) is 25.8. The molecule has 190 valence electrons. The first kappa shape index (κ1) is 25.3. The third kappa shape index (κ3) is 5.34. The second-order valence-corrected chi connectivity index (χ2v) is 10.6. The Kier molecular flexibility index (Phi) is 7.73. The first-order valence-electron chi connectivity index (χ1n) is 12.0. The van der Waals surface area contributed by atoms with Crippen LogP contribution in [0.5, 0.6) is 0 Å². The fourth-order valence-electron chi connectivity index (χ4n) is 4.37. The first-order valence-corrected chi connectivity index (χ1v) is 14.0. The number of aromatic nitrogens is 2. The summed E-state index contributed by atoms with van der Waals surface area (Å²) in [6, 6.07) is 20.2. The van der Waals surface area contributed by atoms with Gasteiger partial charge in [-0.2, -0.15) is 16.4 Å². The molecule has 0 fully saturated rings. The van der Waals surface area contributed by atoms with E-state index in [-0.39, 0.29) is 29.4 Å². The Bertz CT molecular complexity index is 1370. The Balaban J connectivity index is 1.72. The number of hydrogen-bond acceptors (Lipinski definition) is 6. The number of benzene rings is 2. The van der Waals surface area contributed by atoms with Crippen molar-refractivity contribution in [2.24, 2.45) is 0 Å². The first-order chi connectivity index (χ1) is 18.1. The summed E-state index contributed by atoms with van der Waals surface area (Å²) in [5.41, 5.74) is 5.78. The number of rotatable bonds is 8. The predicted octanol–water partition coefficient (Wildman–Crippen LogP) is 4.84. The van der Waals surface area contributed by atoms with E-state index in [2.05, 4.69) is 22.1 Å². The number of methoxy groups -OCH3 is 1. The minimum absolute atomic E-state index is 0.0990. The third-order valence-corrected chi connectivity index (χ3v) is 8.15. The molecule has 0 bridgehead atoms. The number of nitrogens with one attached hydrogen (secondary N) is 1. The smallest absolute Gasteiger partial charge is 0.240 e. The maximum absolute atomic E-state index is 13.6. The van der Waals surface area contributed by atoms with Gasteiger partial charge in [0, 0.05) is 24.8 Å². The number of carbonyl (C=O) groups is 2. The molecular formula is C28H28N4O3S2. The number of fused-ring (bicyclic) bond motifs is 1. The predicted molar refractivity (Wildman–Crippen MR) is 150 cm³/mol. The highest BCUT2D eigenvalue weighted by Gasteiger charge is 2.37. The van der Waals surface area contributed by atoms with Crippen molar-refractivity contribution < 1.29 is 14.3 Å². The second-order valence-electron chi connectivity index (χ2n) is 8.77. The van der Waals surface area contributed by atoms with E-state index in [1.807, 2.05) is 66.2 Å². The maximum atomic E-state index is 13.6. The number of thiophene rings is 1. The Morgan fingerprint density at radius 3 is 2.62 bits per heavy atom. The summed E-state index contributed by atoms with van der Waals surface area (Å²) in [4.78, 5) is 28.1. The van der Waals surface area contributed by atoms with Crippen LogP contribution in [0, 0.1) is 6.92 Å². The highest BCUT2D eigenvalue weighted by atomic mass is 32.2. The lowest BCUT2D eigenvalue weighted by molar-refractivity contribution is -0.123. The van der Waals surface area contributed by atoms with E-state index in [1.54, 1.807) is 35.1 Å². The van der Waals surface area contributed by atoms with Gasteiger partial charge in [-0.25, -0.2) is 4.68 Å². The number of amides is 2. The number of carbonyl (C=O) groups excluding carboxylic acids is 2. The van der Waals surface area contributed by atoms with Gasteiger partial charge in [-0.1, -0.05) is 48.0 Å². The van der Waals surface area contributed by atoms with Crippen molar-refractivity contribution in [2.75, 3.05) is 37.5 Å². The molecule has 0 saturated heterocycles. The van der Waals surface area contributed by atoms with E-state index < -0.39 is 0 Å². The average molecular weight is 533 g/mol. The Labute approximate surface area is 224 Å². The van der Waals surface area contributed by atoms with Crippen LogP contribution in [0.25, 0.3) is 16.9 Å². The molecule has 0 unspecified atom stereocenters. The van der Waals surface area contributed by atoms with Gasteiger partial charge in [0.1, 0.15) is 12.4 Å². The van der Waals surface area contributed by atoms with E-state index in [4.69, 9.17) is 9.84 Å². The molecule has 1 aliphatic heterocycles. The third-order valence-electron chi connectivity index (χ3n) is 6.19. The van der Waals surface area contributed by atoms with Crippen molar-refractivity contribution in [1.29, 1.82) is 0 Å². The van der Waals surface area contributed by atoms with Gasteiger partial charge in [0.15, 0.2) is 0 Å². The van der Waals surface area contributed by atoms with E-state index in [0.29, 0.717) is 19.0 Å². The molecule has 9 heteroatoms. The van der Waals surface area contributed by atoms with Gasteiger partial charge in [-0.05, 0) is 41.4 Å². The topological polar surface area (TPSA) is 76.5 Å². The van der Waals surface area contributed by atoms with Crippen LogP contribution in [-0.2, 0) is 14.3 Å². The molecule has 4 aromatic rings. The summed E-state index contributed by atoms with van der Waals surface area (Å²) in [5.74, 6) is 0.519. The van der Waals surface area contributed by atoms with Gasteiger partial charge in [0.25, 0.3) is 0 Å². The van der Waals surface area contributed by atoms with Crippen LogP contribution in [-0.4, -0.2) is 54.2 Å². The Hall–Kier alpha value is -3.40. The number of thioether (sulfide) groups is 1. The number of aryl methyl sites for hydroxylation is 1. The van der Waals surface area contributed by atoms with Crippen LogP contribution in [0.2, 0.25) is 0 Å². The molecule has 2 aromatic carbocycles. The van der Waals surface area contributed by atoms with Crippen LogP contribution in [0.4, 0.5) is 5.82 Å². The van der Waals surface area contributed by atoms with Gasteiger partial charge in [-0.3, -0.25) is 14.5 Å². The SMILES string of the molecule is COCCNC(=O)CN1C(=O)CS[C@@H](c2ccsc2)c2c(-c3ccccc3)nn(-c3ccc(C)cc3)c21. The normalized spacial score (nSPS) is 15.4. The minimum atomic E-state index is -0.242. The molecule has 3 heterocycles. The lowest BCUT2D eigenvalue weighted by Gasteiger charge is -2.23. The highest BCUT2D eigenvalue weighted by molar-refractivity contribution is 8.00. The molecule has 0 saturated carbocycles. The Morgan fingerprint density at radius 1 is 1.14 bits per heavy atom. The molecule has 7 nitrogen and oxygen atoms in total. The van der Waals surface area contributed by atoms with Crippen LogP contribution in [0.1, 0.15) is 21.9 Å². The minimum Gasteiger partial charge on any atom is -0.383 e. The quantitative estimate of drug-likeness (QED) is 0.329. The molecule has 37 heavy (non-hydrogen) atoms. The van der Waals surface area contributed by atoms with Crippen molar-refractivity contribution in [2.45, 2.75) is 12.2 Å². The largest absolute Gasteiger partial charge is 0.383 e. The summed E-state index contributed by atoms with van der Waals surface area (Å²) in [6.07, 6.45) is 0. The summed E-state index contributed by atoms with van der Waals surface area (Å²) in [5, 5.41) is 12.0. The Morgan fingerprint density at radius 2 is 1.92 bits per heavy atom. The van der Waals surface area contributed by atoms with Crippen LogP contribution in [0.15, 0.2) is 71.4 Å². The standard InChI is InChI=1S/C28H28N4O3S2/c1-19-8-10-22(11-9-19)32-28-25(26(30-32)20-6-4-3-5-7-20)27(21-12-15-36-17-21)37-18-24(34)31(28)16-23(33)29-13-14-35-2/h3-12,15,17,27H,13-14,16,18H2,1-2H3,(H,29,33)/t27-/m0/s1. The zero-order valence-corrected chi connectivity index (χ0v) is 22.3. The number of anilines is 1. The van der Waals surface area contributed by atoms with Crippen LogP contribution >= 0.6 is 23.1 Å². The van der Waals surface area contributed by atoms with E-state index in [1.165, 1.54) is 0 Å². The zero-order valence-electron chi connectivity index (χ0n) is 20.7. The van der Waals surface area contributed by atoms with E-state index >= 15 is 0 Å². The van der Waals surface area contributed by atoms with E-state index in [0.717, 1.165) is 33.6 Å². The molecular weight excluding hydrogens is 504 g/mol. The van der Waals surface area contributed by atoms with Crippen molar-refractivity contribution in [3.63, 3.8) is 0 Å². The van der Waals surface area contributed by atoms with Gasteiger partial charge < -0.3 is 10.1 Å². The molecule has 2 amide bonds. The van der Waals surface area contributed by atoms with Gasteiger partial charge >= 0.3 is 0 Å². The molecule has 0 aliphatic carbocycles. The van der Waals surface area contributed by atoms with Gasteiger partial charge in [-0.15, -0.1) is 11.8 Å². The summed E-state index contributed by atoms with van der Waals surface area (Å²) >= 11 is 3.20.